The van der Waals surface area contributed by atoms with Gasteiger partial charge in [0.2, 0.25) is 0 Å². The summed E-state index contributed by atoms with van der Waals surface area (Å²) in [4.78, 5) is 0. The van der Waals surface area contributed by atoms with Crippen LogP contribution in [-0.4, -0.2) is 49.0 Å². The fourth-order valence-electron chi connectivity index (χ4n) is 1.34. The molecule has 1 fully saturated rings. The Bertz CT molecular complexity index is 376. The zero-order valence-electron chi connectivity index (χ0n) is 9.71. The Morgan fingerprint density at radius 2 is 1.19 bits per heavy atom. The van der Waals surface area contributed by atoms with E-state index in [4.69, 9.17) is 0 Å². The number of epoxide rings is 1. The van der Waals surface area contributed by atoms with Gasteiger partial charge in [-0.2, -0.15) is 35.1 Å². The van der Waals surface area contributed by atoms with E-state index in [1.165, 1.54) is 0 Å². The number of hydrogen-bond donors (Lipinski definition) is 0. The molecule has 0 aromatic heterocycles. The molecule has 0 spiro atoms. The minimum atomic E-state index is -7.16. The van der Waals surface area contributed by atoms with E-state index < -0.39 is 48.8 Å². The lowest BCUT2D eigenvalue weighted by Gasteiger charge is -2.37. The average molecular weight is 340 g/mol. The van der Waals surface area contributed by atoms with E-state index in [2.05, 4.69) is 4.74 Å². The second-order valence-corrected chi connectivity index (χ2v) is 4.35. The average Bonchev–Trinajstić information content (AvgIpc) is 3.11. The van der Waals surface area contributed by atoms with Gasteiger partial charge in [-0.15, -0.1) is 0 Å². The summed E-state index contributed by atoms with van der Waals surface area (Å²) in [7, 11) is 0. The zero-order valence-corrected chi connectivity index (χ0v) is 9.71. The van der Waals surface area contributed by atoms with Crippen LogP contribution in [0.4, 0.5) is 48.3 Å². The first kappa shape index (κ1) is 18.2. The van der Waals surface area contributed by atoms with Gasteiger partial charge < -0.3 is 4.74 Å². The lowest BCUT2D eigenvalue weighted by atomic mass is 9.94. The van der Waals surface area contributed by atoms with Gasteiger partial charge in [-0.05, 0) is 0 Å². The van der Waals surface area contributed by atoms with Crippen molar-refractivity contribution < 1.29 is 53.0 Å². The maximum atomic E-state index is 13.0. The normalized spacial score (nSPS) is 22.6. The third-order valence-corrected chi connectivity index (χ3v) is 2.77. The van der Waals surface area contributed by atoms with Gasteiger partial charge in [0.1, 0.15) is 0 Å². The standard InChI is InChI=1S/C9H7F11O/c10-4(1-3-2-21-3)6(13,14)8(17,18)9(19,20)7(15,16)5(11)12/h3-5H,1-2H2. The van der Waals surface area contributed by atoms with Gasteiger partial charge in [0.05, 0.1) is 12.7 Å². The lowest BCUT2D eigenvalue weighted by Crippen LogP contribution is -2.66. The molecule has 1 rings (SSSR count). The van der Waals surface area contributed by atoms with Gasteiger partial charge in [-0.25, -0.2) is 13.2 Å². The van der Waals surface area contributed by atoms with Crippen molar-refractivity contribution in [3.8, 4) is 0 Å². The molecule has 2 atom stereocenters. The summed E-state index contributed by atoms with van der Waals surface area (Å²) in [5.41, 5.74) is 0. The first-order valence-electron chi connectivity index (χ1n) is 5.24. The molecular weight excluding hydrogens is 333 g/mol. The summed E-state index contributed by atoms with van der Waals surface area (Å²) < 4.78 is 143. The molecule has 0 aromatic rings. The largest absolute Gasteiger partial charge is 0.384 e. The van der Waals surface area contributed by atoms with Crippen LogP contribution >= 0.6 is 0 Å². The van der Waals surface area contributed by atoms with E-state index in [9.17, 15) is 48.3 Å². The molecule has 1 aliphatic rings. The van der Waals surface area contributed by atoms with E-state index in [-0.39, 0.29) is 6.61 Å². The summed E-state index contributed by atoms with van der Waals surface area (Å²) in [5.74, 6) is -27.3. The van der Waals surface area contributed by atoms with E-state index >= 15 is 0 Å². The molecule has 1 saturated heterocycles. The third kappa shape index (κ3) is 2.78. The highest BCUT2D eigenvalue weighted by Crippen LogP contribution is 2.56. The van der Waals surface area contributed by atoms with Crippen LogP contribution in [0.3, 0.4) is 0 Å². The first-order chi connectivity index (χ1) is 9.19. The van der Waals surface area contributed by atoms with E-state index in [1.54, 1.807) is 0 Å². The van der Waals surface area contributed by atoms with Crippen LogP contribution in [0.5, 0.6) is 0 Å². The van der Waals surface area contributed by atoms with Crippen LogP contribution in [0.2, 0.25) is 0 Å². The Labute approximate surface area is 110 Å². The van der Waals surface area contributed by atoms with Crippen molar-refractivity contribution in [2.45, 2.75) is 48.8 Å². The van der Waals surface area contributed by atoms with Crippen LogP contribution in [0.25, 0.3) is 0 Å². The van der Waals surface area contributed by atoms with E-state index in [0.29, 0.717) is 0 Å². The van der Waals surface area contributed by atoms with Crippen LogP contribution in [0.15, 0.2) is 0 Å². The zero-order chi connectivity index (χ0) is 16.9. The number of halogens is 11. The summed E-state index contributed by atoms with van der Waals surface area (Å²) >= 11 is 0. The molecule has 0 aliphatic carbocycles. The van der Waals surface area contributed by atoms with Gasteiger partial charge in [-0.3, -0.25) is 0 Å². The molecule has 0 N–H and O–H groups in total. The predicted octanol–water partition coefficient (Wildman–Crippen LogP) is 3.92. The lowest BCUT2D eigenvalue weighted by molar-refractivity contribution is -0.391. The van der Waals surface area contributed by atoms with Crippen LogP contribution in [0, 0.1) is 0 Å². The second kappa shape index (κ2) is 5.13. The topological polar surface area (TPSA) is 12.5 Å². The quantitative estimate of drug-likeness (QED) is 0.506. The minimum Gasteiger partial charge on any atom is -0.373 e. The van der Waals surface area contributed by atoms with Gasteiger partial charge in [0.25, 0.3) is 0 Å². The molecule has 126 valence electrons. The van der Waals surface area contributed by atoms with Crippen molar-refractivity contribution in [2.24, 2.45) is 0 Å². The number of ether oxygens (including phenoxy) is 1. The molecule has 0 amide bonds. The summed E-state index contributed by atoms with van der Waals surface area (Å²) in [5, 5.41) is 0. The van der Waals surface area contributed by atoms with E-state index in [1.807, 2.05) is 0 Å². The molecule has 21 heavy (non-hydrogen) atoms. The second-order valence-electron chi connectivity index (χ2n) is 4.35. The SMILES string of the molecule is FC(F)C(F)(F)C(F)(F)C(F)(F)C(F)(F)C(F)CC1CO1. The van der Waals surface area contributed by atoms with Crippen molar-refractivity contribution in [1.82, 2.24) is 0 Å². The van der Waals surface area contributed by atoms with Gasteiger partial charge >= 0.3 is 30.1 Å². The Balaban J connectivity index is 3.10. The molecule has 12 heteroatoms. The molecule has 1 nitrogen and oxygen atoms in total. The third-order valence-electron chi connectivity index (χ3n) is 2.77. The van der Waals surface area contributed by atoms with Crippen LogP contribution < -0.4 is 0 Å². The fourth-order valence-corrected chi connectivity index (χ4v) is 1.34. The number of rotatable bonds is 7. The summed E-state index contributed by atoms with van der Waals surface area (Å²) in [6.07, 6.45) is -12.0. The van der Waals surface area contributed by atoms with Gasteiger partial charge in [-0.1, -0.05) is 0 Å². The smallest absolute Gasteiger partial charge is 0.373 e. The minimum absolute atomic E-state index is 0.300. The van der Waals surface area contributed by atoms with Crippen molar-refractivity contribution in [3.05, 3.63) is 0 Å². The highest BCUT2D eigenvalue weighted by atomic mass is 19.4. The van der Waals surface area contributed by atoms with Crippen molar-refractivity contribution in [3.63, 3.8) is 0 Å². The van der Waals surface area contributed by atoms with Crippen molar-refractivity contribution >= 4 is 0 Å². The summed E-state index contributed by atoms with van der Waals surface area (Å²) in [6, 6.07) is 0. The van der Waals surface area contributed by atoms with Crippen LogP contribution in [0.1, 0.15) is 6.42 Å². The highest BCUT2D eigenvalue weighted by molar-refractivity contribution is 5.07. The highest BCUT2D eigenvalue weighted by Gasteiger charge is 2.84. The monoisotopic (exact) mass is 340 g/mol. The molecular formula is C9H7F11O. The Hall–Kier alpha value is -0.810. The molecule has 0 bridgehead atoms. The summed E-state index contributed by atoms with van der Waals surface area (Å²) in [6.45, 7) is -0.300. The maximum absolute atomic E-state index is 13.0. The molecule has 1 heterocycles. The maximum Gasteiger partial charge on any atom is 0.384 e. The van der Waals surface area contributed by atoms with Gasteiger partial charge in [0.15, 0.2) is 6.17 Å². The fraction of sp³-hybridized carbons (Fsp3) is 1.00. The molecule has 2 unspecified atom stereocenters. The Morgan fingerprint density at radius 3 is 1.52 bits per heavy atom. The Morgan fingerprint density at radius 1 is 0.810 bits per heavy atom. The van der Waals surface area contributed by atoms with E-state index in [0.717, 1.165) is 0 Å². The first-order valence-corrected chi connectivity index (χ1v) is 5.24. The molecule has 0 radical (unpaired) electrons. The van der Waals surface area contributed by atoms with Crippen molar-refractivity contribution in [2.75, 3.05) is 6.61 Å². The molecule has 1 aliphatic heterocycles. The molecule has 0 aromatic carbocycles. The van der Waals surface area contributed by atoms with Crippen molar-refractivity contribution in [1.29, 1.82) is 0 Å². The number of hydrogen-bond acceptors (Lipinski definition) is 1. The predicted molar refractivity (Wildman–Crippen MR) is 45.0 cm³/mol. The van der Waals surface area contributed by atoms with Gasteiger partial charge in [0, 0.05) is 6.42 Å². The van der Waals surface area contributed by atoms with Crippen LogP contribution in [-0.2, 0) is 4.74 Å². The Kier molecular flexibility index (Phi) is 4.45. The number of alkyl halides is 11. The molecule has 0 saturated carbocycles.